The minimum atomic E-state index is -1.03. The van der Waals surface area contributed by atoms with Crippen LogP contribution in [0.5, 0.6) is 0 Å². The van der Waals surface area contributed by atoms with Crippen molar-refractivity contribution in [3.63, 3.8) is 0 Å². The quantitative estimate of drug-likeness (QED) is 0.757. The summed E-state index contributed by atoms with van der Waals surface area (Å²) in [6.45, 7) is 2.02. The van der Waals surface area contributed by atoms with Crippen LogP contribution in [0, 0.1) is 11.6 Å². The number of carbonyl (C=O) groups excluding carboxylic acids is 1. The first-order valence-corrected chi connectivity index (χ1v) is 7.09. The highest BCUT2D eigenvalue weighted by Crippen LogP contribution is 2.13. The van der Waals surface area contributed by atoms with Gasteiger partial charge in [-0.05, 0) is 36.6 Å². The first-order chi connectivity index (χ1) is 9.58. The molecule has 1 aromatic heterocycles. The number of ketones is 1. The van der Waals surface area contributed by atoms with Gasteiger partial charge in [-0.1, -0.05) is 6.07 Å². The minimum Gasteiger partial charge on any atom is -0.370 e. The van der Waals surface area contributed by atoms with Gasteiger partial charge in [-0.3, -0.25) is 4.79 Å². The van der Waals surface area contributed by atoms with Gasteiger partial charge in [0.05, 0.1) is 6.61 Å². The Morgan fingerprint density at radius 2 is 2.10 bits per heavy atom. The molecule has 0 aliphatic rings. The summed E-state index contributed by atoms with van der Waals surface area (Å²) in [7, 11) is 0. The van der Waals surface area contributed by atoms with Crippen LogP contribution < -0.4 is 0 Å². The Bertz CT molecular complexity index is 582. The minimum absolute atomic E-state index is 0.118. The van der Waals surface area contributed by atoms with E-state index in [1.807, 2.05) is 17.5 Å². The standard InChI is InChI=1S/C15H14F2O2S/c1-10(19-7-6-12-3-2-8-20-12)15(18)11-4-5-13(16)14(17)9-11/h2-5,8-10H,6-7H2,1H3. The Balaban J connectivity index is 1.89. The van der Waals surface area contributed by atoms with E-state index in [9.17, 15) is 13.6 Å². The fourth-order valence-corrected chi connectivity index (χ4v) is 2.44. The second-order valence-electron chi connectivity index (χ2n) is 4.34. The van der Waals surface area contributed by atoms with E-state index in [1.165, 1.54) is 10.9 Å². The number of thiophene rings is 1. The molecule has 2 rings (SSSR count). The smallest absolute Gasteiger partial charge is 0.191 e. The van der Waals surface area contributed by atoms with Gasteiger partial charge >= 0.3 is 0 Å². The summed E-state index contributed by atoms with van der Waals surface area (Å²) in [6.07, 6.45) is 0.0485. The number of carbonyl (C=O) groups is 1. The first-order valence-electron chi connectivity index (χ1n) is 6.21. The predicted octanol–water partition coefficient (Wildman–Crippen LogP) is 3.86. The normalized spacial score (nSPS) is 12.3. The summed E-state index contributed by atoms with van der Waals surface area (Å²) in [5.74, 6) is -2.34. The molecular weight excluding hydrogens is 282 g/mol. The van der Waals surface area contributed by atoms with Crippen LogP contribution in [0.2, 0.25) is 0 Å². The molecule has 0 aliphatic heterocycles. The lowest BCUT2D eigenvalue weighted by Gasteiger charge is -2.12. The predicted molar refractivity (Wildman–Crippen MR) is 74.1 cm³/mol. The number of hydrogen-bond acceptors (Lipinski definition) is 3. The van der Waals surface area contributed by atoms with Gasteiger partial charge in [-0.25, -0.2) is 8.78 Å². The van der Waals surface area contributed by atoms with E-state index in [4.69, 9.17) is 4.74 Å². The Labute approximate surface area is 120 Å². The van der Waals surface area contributed by atoms with Gasteiger partial charge in [0.2, 0.25) is 0 Å². The van der Waals surface area contributed by atoms with Crippen LogP contribution in [0.25, 0.3) is 0 Å². The lowest BCUT2D eigenvalue weighted by molar-refractivity contribution is 0.0488. The average Bonchev–Trinajstić information content (AvgIpc) is 2.94. The zero-order chi connectivity index (χ0) is 14.5. The number of ether oxygens (including phenoxy) is 1. The van der Waals surface area contributed by atoms with Crippen molar-refractivity contribution < 1.29 is 18.3 Å². The van der Waals surface area contributed by atoms with Crippen molar-refractivity contribution >= 4 is 17.1 Å². The van der Waals surface area contributed by atoms with Gasteiger partial charge in [-0.2, -0.15) is 0 Å². The molecule has 1 unspecified atom stereocenters. The summed E-state index contributed by atoms with van der Waals surface area (Å²) in [4.78, 5) is 13.2. The van der Waals surface area contributed by atoms with Crippen molar-refractivity contribution in [3.8, 4) is 0 Å². The fraction of sp³-hybridized carbons (Fsp3) is 0.267. The summed E-state index contributed by atoms with van der Waals surface area (Å²) in [5.41, 5.74) is 0.118. The third-order valence-corrected chi connectivity index (χ3v) is 3.81. The van der Waals surface area contributed by atoms with Crippen LogP contribution in [-0.4, -0.2) is 18.5 Å². The molecular formula is C15H14F2O2S. The van der Waals surface area contributed by atoms with Crippen LogP contribution in [0.4, 0.5) is 8.78 Å². The van der Waals surface area contributed by atoms with Crippen molar-refractivity contribution in [2.75, 3.05) is 6.61 Å². The summed E-state index contributed by atoms with van der Waals surface area (Å²) in [5, 5.41) is 1.98. The molecule has 0 aliphatic carbocycles. The van der Waals surface area contributed by atoms with Gasteiger partial charge in [0.1, 0.15) is 6.10 Å². The SMILES string of the molecule is CC(OCCc1cccs1)C(=O)c1ccc(F)c(F)c1. The Kier molecular flexibility index (Phi) is 4.98. The van der Waals surface area contributed by atoms with E-state index in [1.54, 1.807) is 18.3 Å². The molecule has 2 aromatic rings. The van der Waals surface area contributed by atoms with Gasteiger partial charge in [-0.15, -0.1) is 11.3 Å². The second-order valence-corrected chi connectivity index (χ2v) is 5.37. The van der Waals surface area contributed by atoms with Crippen LogP contribution in [0.3, 0.4) is 0 Å². The van der Waals surface area contributed by atoms with Crippen LogP contribution in [0.1, 0.15) is 22.2 Å². The van der Waals surface area contributed by atoms with Crippen molar-refractivity contribution in [3.05, 3.63) is 57.8 Å². The molecule has 2 nitrogen and oxygen atoms in total. The van der Waals surface area contributed by atoms with Crippen LogP contribution in [0.15, 0.2) is 35.7 Å². The van der Waals surface area contributed by atoms with Crippen molar-refractivity contribution in [2.45, 2.75) is 19.4 Å². The van der Waals surface area contributed by atoms with E-state index in [2.05, 4.69) is 0 Å². The molecule has 20 heavy (non-hydrogen) atoms. The summed E-state index contributed by atoms with van der Waals surface area (Å²) >= 11 is 1.63. The van der Waals surface area contributed by atoms with E-state index in [-0.39, 0.29) is 11.3 Å². The molecule has 106 valence electrons. The lowest BCUT2D eigenvalue weighted by Crippen LogP contribution is -2.22. The molecule has 1 heterocycles. The van der Waals surface area contributed by atoms with Gasteiger partial charge in [0, 0.05) is 16.9 Å². The highest BCUT2D eigenvalue weighted by atomic mass is 32.1. The van der Waals surface area contributed by atoms with Gasteiger partial charge < -0.3 is 4.74 Å². The molecule has 5 heteroatoms. The Hall–Kier alpha value is -1.59. The maximum atomic E-state index is 13.1. The van der Waals surface area contributed by atoms with Crippen molar-refractivity contribution in [1.29, 1.82) is 0 Å². The highest BCUT2D eigenvalue weighted by Gasteiger charge is 2.17. The lowest BCUT2D eigenvalue weighted by atomic mass is 10.1. The number of hydrogen-bond donors (Lipinski definition) is 0. The number of Topliss-reactive ketones (excluding diaryl/α,β-unsaturated/α-hetero) is 1. The molecule has 0 bridgehead atoms. The maximum Gasteiger partial charge on any atom is 0.191 e. The number of rotatable bonds is 6. The monoisotopic (exact) mass is 296 g/mol. The van der Waals surface area contributed by atoms with Crippen LogP contribution in [-0.2, 0) is 11.2 Å². The maximum absolute atomic E-state index is 13.1. The van der Waals surface area contributed by atoms with Crippen molar-refractivity contribution in [2.24, 2.45) is 0 Å². The Morgan fingerprint density at radius 1 is 1.30 bits per heavy atom. The largest absolute Gasteiger partial charge is 0.370 e. The fourth-order valence-electron chi connectivity index (χ4n) is 1.75. The molecule has 0 radical (unpaired) electrons. The topological polar surface area (TPSA) is 26.3 Å². The average molecular weight is 296 g/mol. The zero-order valence-electron chi connectivity index (χ0n) is 10.9. The molecule has 0 saturated carbocycles. The van der Waals surface area contributed by atoms with E-state index in [0.717, 1.165) is 18.6 Å². The van der Waals surface area contributed by atoms with Crippen LogP contribution >= 0.6 is 11.3 Å². The van der Waals surface area contributed by atoms with E-state index >= 15 is 0 Å². The molecule has 1 atom stereocenters. The Morgan fingerprint density at radius 3 is 2.75 bits per heavy atom. The third kappa shape index (κ3) is 3.71. The molecule has 0 fully saturated rings. The molecule has 1 aromatic carbocycles. The summed E-state index contributed by atoms with van der Waals surface area (Å²) < 4.78 is 31.3. The molecule has 0 N–H and O–H groups in total. The summed E-state index contributed by atoms with van der Waals surface area (Å²) in [6, 6.07) is 7.06. The molecule has 0 amide bonds. The van der Waals surface area contributed by atoms with Gasteiger partial charge in [0.25, 0.3) is 0 Å². The second kappa shape index (κ2) is 6.72. The molecule has 0 spiro atoms. The van der Waals surface area contributed by atoms with Gasteiger partial charge in [0.15, 0.2) is 17.4 Å². The van der Waals surface area contributed by atoms with E-state index < -0.39 is 17.7 Å². The highest BCUT2D eigenvalue weighted by molar-refractivity contribution is 7.09. The number of benzene rings is 1. The first kappa shape index (κ1) is 14.8. The van der Waals surface area contributed by atoms with E-state index in [0.29, 0.717) is 6.61 Å². The molecule has 0 saturated heterocycles. The van der Waals surface area contributed by atoms with Crippen molar-refractivity contribution in [1.82, 2.24) is 0 Å². The zero-order valence-corrected chi connectivity index (χ0v) is 11.8. The number of halogens is 2. The third-order valence-electron chi connectivity index (χ3n) is 2.87.